The van der Waals surface area contributed by atoms with Crippen molar-refractivity contribution in [2.24, 2.45) is 5.92 Å². The van der Waals surface area contributed by atoms with Crippen molar-refractivity contribution in [3.63, 3.8) is 0 Å². The molecule has 1 saturated heterocycles. The molecular formula is C23H28FN3O. The highest BCUT2D eigenvalue weighted by Gasteiger charge is 2.44. The van der Waals surface area contributed by atoms with Gasteiger partial charge in [-0.1, -0.05) is 19.1 Å². The number of likely N-dealkylation sites (N-methyl/N-ethyl adjacent to an activating group) is 1. The van der Waals surface area contributed by atoms with Gasteiger partial charge in [-0.3, -0.25) is 4.79 Å². The van der Waals surface area contributed by atoms with Crippen LogP contribution in [0.15, 0.2) is 42.5 Å². The zero-order valence-corrected chi connectivity index (χ0v) is 16.6. The van der Waals surface area contributed by atoms with Gasteiger partial charge in [-0.05, 0) is 67.3 Å². The minimum absolute atomic E-state index is 0.0216. The Balaban J connectivity index is 1.36. The van der Waals surface area contributed by atoms with Gasteiger partial charge in [0.15, 0.2) is 0 Å². The number of halogens is 1. The molecule has 1 saturated carbocycles. The molecular weight excluding hydrogens is 353 g/mol. The molecule has 2 unspecified atom stereocenters. The smallest absolute Gasteiger partial charge is 0.228 e. The van der Waals surface area contributed by atoms with Crippen molar-refractivity contribution in [2.45, 2.75) is 26.2 Å². The van der Waals surface area contributed by atoms with Crippen LogP contribution in [0, 0.1) is 18.7 Å². The SMILES string of the molecule is CCN1CCN(c2ccc(NC(=O)C3CC3c3ccc(F)cc3)c(C)c2)CC1. The maximum Gasteiger partial charge on any atom is 0.228 e. The molecule has 148 valence electrons. The molecule has 4 nitrogen and oxygen atoms in total. The lowest BCUT2D eigenvalue weighted by Gasteiger charge is -2.35. The molecule has 2 aromatic carbocycles. The minimum atomic E-state index is -0.239. The fourth-order valence-electron chi connectivity index (χ4n) is 4.10. The van der Waals surface area contributed by atoms with E-state index in [0.29, 0.717) is 0 Å². The van der Waals surface area contributed by atoms with Crippen molar-refractivity contribution >= 4 is 17.3 Å². The zero-order chi connectivity index (χ0) is 19.7. The molecule has 0 aromatic heterocycles. The number of amides is 1. The number of benzene rings is 2. The van der Waals surface area contributed by atoms with Crippen LogP contribution >= 0.6 is 0 Å². The summed E-state index contributed by atoms with van der Waals surface area (Å²) in [5.74, 6) is 0.000610. The van der Waals surface area contributed by atoms with Crippen LogP contribution in [0.1, 0.15) is 30.4 Å². The second kappa shape index (κ2) is 7.92. The predicted molar refractivity (Wildman–Crippen MR) is 111 cm³/mol. The minimum Gasteiger partial charge on any atom is -0.369 e. The van der Waals surface area contributed by atoms with E-state index in [0.717, 1.165) is 56.0 Å². The Hall–Kier alpha value is -2.40. The highest BCUT2D eigenvalue weighted by molar-refractivity contribution is 5.96. The maximum atomic E-state index is 13.1. The number of hydrogen-bond acceptors (Lipinski definition) is 3. The van der Waals surface area contributed by atoms with Gasteiger partial charge in [-0.25, -0.2) is 4.39 Å². The Kier molecular flexibility index (Phi) is 5.36. The molecule has 1 heterocycles. The van der Waals surface area contributed by atoms with Crippen LogP contribution in [-0.2, 0) is 4.79 Å². The van der Waals surface area contributed by atoms with E-state index >= 15 is 0 Å². The number of nitrogens with one attached hydrogen (secondary N) is 1. The third-order valence-electron chi connectivity index (χ3n) is 6.08. The van der Waals surface area contributed by atoms with Crippen molar-refractivity contribution in [2.75, 3.05) is 42.9 Å². The molecule has 4 rings (SSSR count). The van der Waals surface area contributed by atoms with Gasteiger partial charge in [-0.2, -0.15) is 0 Å². The molecule has 5 heteroatoms. The molecule has 0 radical (unpaired) electrons. The highest BCUT2D eigenvalue weighted by atomic mass is 19.1. The van der Waals surface area contributed by atoms with Crippen LogP contribution in [0.2, 0.25) is 0 Å². The summed E-state index contributed by atoms with van der Waals surface area (Å²) in [5, 5.41) is 3.09. The molecule has 2 aromatic rings. The fourth-order valence-corrected chi connectivity index (χ4v) is 4.10. The Morgan fingerprint density at radius 2 is 1.82 bits per heavy atom. The van der Waals surface area contributed by atoms with E-state index < -0.39 is 0 Å². The van der Waals surface area contributed by atoms with Crippen LogP contribution in [0.3, 0.4) is 0 Å². The summed E-state index contributed by atoms with van der Waals surface area (Å²) in [6.07, 6.45) is 0.830. The number of aryl methyl sites for hydroxylation is 1. The van der Waals surface area contributed by atoms with E-state index in [4.69, 9.17) is 0 Å². The van der Waals surface area contributed by atoms with Gasteiger partial charge in [0.1, 0.15) is 5.82 Å². The Labute approximate surface area is 166 Å². The lowest BCUT2D eigenvalue weighted by atomic mass is 10.1. The van der Waals surface area contributed by atoms with Gasteiger partial charge < -0.3 is 15.1 Å². The van der Waals surface area contributed by atoms with Gasteiger partial charge in [0.2, 0.25) is 5.91 Å². The van der Waals surface area contributed by atoms with Gasteiger partial charge in [0.25, 0.3) is 0 Å². The van der Waals surface area contributed by atoms with Crippen molar-refractivity contribution in [1.29, 1.82) is 0 Å². The average Bonchev–Trinajstić information content (AvgIpc) is 3.51. The van der Waals surface area contributed by atoms with E-state index in [-0.39, 0.29) is 23.6 Å². The monoisotopic (exact) mass is 381 g/mol. The summed E-state index contributed by atoms with van der Waals surface area (Å²) in [4.78, 5) is 17.5. The summed E-state index contributed by atoms with van der Waals surface area (Å²) in [5.41, 5.74) is 4.23. The summed E-state index contributed by atoms with van der Waals surface area (Å²) < 4.78 is 13.1. The van der Waals surface area contributed by atoms with Gasteiger partial charge in [0, 0.05) is 43.5 Å². The quantitative estimate of drug-likeness (QED) is 0.850. The highest BCUT2D eigenvalue weighted by Crippen LogP contribution is 2.48. The first-order valence-corrected chi connectivity index (χ1v) is 10.2. The molecule has 28 heavy (non-hydrogen) atoms. The molecule has 2 aliphatic rings. The first kappa shape index (κ1) is 18.9. The average molecular weight is 381 g/mol. The number of anilines is 2. The summed E-state index contributed by atoms with van der Waals surface area (Å²) >= 11 is 0. The van der Waals surface area contributed by atoms with E-state index in [9.17, 15) is 9.18 Å². The largest absolute Gasteiger partial charge is 0.369 e. The van der Waals surface area contributed by atoms with Gasteiger partial charge in [-0.15, -0.1) is 0 Å². The third kappa shape index (κ3) is 4.04. The topological polar surface area (TPSA) is 35.6 Å². The summed E-state index contributed by atoms with van der Waals surface area (Å²) in [6.45, 7) is 9.64. The Bertz CT molecular complexity index is 843. The van der Waals surface area contributed by atoms with E-state index in [1.165, 1.54) is 17.8 Å². The third-order valence-corrected chi connectivity index (χ3v) is 6.08. The van der Waals surface area contributed by atoms with Crippen LogP contribution in [0.5, 0.6) is 0 Å². The van der Waals surface area contributed by atoms with Gasteiger partial charge >= 0.3 is 0 Å². The molecule has 1 N–H and O–H groups in total. The van der Waals surface area contributed by atoms with Crippen molar-refractivity contribution in [3.05, 3.63) is 59.4 Å². The number of carbonyl (C=O) groups is 1. The number of piperazine rings is 1. The lowest BCUT2D eigenvalue weighted by molar-refractivity contribution is -0.117. The fraction of sp³-hybridized carbons (Fsp3) is 0.435. The molecule has 1 aliphatic carbocycles. The van der Waals surface area contributed by atoms with E-state index in [1.807, 2.05) is 13.0 Å². The summed E-state index contributed by atoms with van der Waals surface area (Å²) in [7, 11) is 0. The molecule has 2 fully saturated rings. The van der Waals surface area contributed by atoms with E-state index in [1.54, 1.807) is 12.1 Å². The van der Waals surface area contributed by atoms with Crippen LogP contribution < -0.4 is 10.2 Å². The summed E-state index contributed by atoms with van der Waals surface area (Å²) in [6, 6.07) is 12.8. The second-order valence-corrected chi connectivity index (χ2v) is 7.91. The second-order valence-electron chi connectivity index (χ2n) is 7.91. The lowest BCUT2D eigenvalue weighted by Crippen LogP contribution is -2.46. The maximum absolute atomic E-state index is 13.1. The number of hydrogen-bond donors (Lipinski definition) is 1. The van der Waals surface area contributed by atoms with E-state index in [2.05, 4.69) is 34.2 Å². The number of carbonyl (C=O) groups excluding carboxylic acids is 1. The number of nitrogens with zero attached hydrogens (tertiary/aromatic N) is 2. The predicted octanol–water partition coefficient (Wildman–Crippen LogP) is 4.02. The molecule has 0 bridgehead atoms. The standard InChI is InChI=1S/C23H28FN3O/c1-3-26-10-12-27(13-11-26)19-8-9-22(16(2)14-19)25-23(28)21-15-20(21)17-4-6-18(24)7-5-17/h4-9,14,20-21H,3,10-13,15H2,1-2H3,(H,25,28). The molecule has 0 spiro atoms. The van der Waals surface area contributed by atoms with Gasteiger partial charge in [0.05, 0.1) is 0 Å². The number of rotatable bonds is 5. The van der Waals surface area contributed by atoms with Crippen LogP contribution in [0.25, 0.3) is 0 Å². The van der Waals surface area contributed by atoms with Crippen molar-refractivity contribution in [3.8, 4) is 0 Å². The normalized spacial score (nSPS) is 22.2. The molecule has 2 atom stereocenters. The van der Waals surface area contributed by atoms with Crippen LogP contribution in [0.4, 0.5) is 15.8 Å². The first-order valence-electron chi connectivity index (χ1n) is 10.2. The van der Waals surface area contributed by atoms with Crippen molar-refractivity contribution < 1.29 is 9.18 Å². The Morgan fingerprint density at radius 1 is 1.11 bits per heavy atom. The van der Waals surface area contributed by atoms with Crippen molar-refractivity contribution in [1.82, 2.24) is 4.90 Å². The zero-order valence-electron chi connectivity index (χ0n) is 16.6. The first-order chi connectivity index (χ1) is 13.5. The molecule has 1 amide bonds. The Morgan fingerprint density at radius 3 is 2.46 bits per heavy atom. The van der Waals surface area contributed by atoms with Crippen LogP contribution in [-0.4, -0.2) is 43.5 Å². The molecule has 1 aliphatic heterocycles.